The molecule has 2 heterocycles. The third kappa shape index (κ3) is 1.25. The van der Waals surface area contributed by atoms with Crippen molar-refractivity contribution in [2.24, 2.45) is 7.05 Å². The van der Waals surface area contributed by atoms with Gasteiger partial charge in [0.05, 0.1) is 11.0 Å². The number of aryl methyl sites for hydroxylation is 3. The molecule has 0 aliphatic heterocycles. The third-order valence-electron chi connectivity index (χ3n) is 3.40. The van der Waals surface area contributed by atoms with Crippen LogP contribution in [0.5, 0.6) is 0 Å². The van der Waals surface area contributed by atoms with Gasteiger partial charge in [0, 0.05) is 29.6 Å². The van der Waals surface area contributed by atoms with Gasteiger partial charge >= 0.3 is 0 Å². The van der Waals surface area contributed by atoms with Crippen LogP contribution in [0.3, 0.4) is 0 Å². The number of rotatable bonds is 0. The standard InChI is InChI=1S/C14H14N2O/c1-8-5-4-6-10-11-7-12(17)15-9(2)14(11)16(3)13(8)10/h4-7H,1-3H3,(H,15,17). The number of aromatic amines is 1. The number of aromatic nitrogens is 2. The maximum atomic E-state index is 11.6. The lowest BCUT2D eigenvalue weighted by Crippen LogP contribution is -2.06. The number of para-hydroxylation sites is 1. The Labute approximate surface area is 98.7 Å². The molecule has 0 unspecified atom stereocenters. The topological polar surface area (TPSA) is 37.8 Å². The number of fused-ring (bicyclic) bond motifs is 3. The van der Waals surface area contributed by atoms with E-state index in [4.69, 9.17) is 0 Å². The summed E-state index contributed by atoms with van der Waals surface area (Å²) < 4.78 is 2.16. The van der Waals surface area contributed by atoms with Crippen LogP contribution in [0.2, 0.25) is 0 Å². The molecule has 0 saturated heterocycles. The molecule has 3 heteroatoms. The Balaban J connectivity index is 2.73. The van der Waals surface area contributed by atoms with Crippen LogP contribution in [0, 0.1) is 13.8 Å². The second-order valence-corrected chi connectivity index (χ2v) is 4.55. The van der Waals surface area contributed by atoms with Gasteiger partial charge in [0.2, 0.25) is 5.56 Å². The molecule has 0 saturated carbocycles. The van der Waals surface area contributed by atoms with E-state index >= 15 is 0 Å². The summed E-state index contributed by atoms with van der Waals surface area (Å²) >= 11 is 0. The summed E-state index contributed by atoms with van der Waals surface area (Å²) in [6.45, 7) is 4.04. The van der Waals surface area contributed by atoms with E-state index in [0.29, 0.717) is 0 Å². The minimum atomic E-state index is -0.0380. The van der Waals surface area contributed by atoms with Crippen LogP contribution in [0.4, 0.5) is 0 Å². The van der Waals surface area contributed by atoms with Crippen LogP contribution >= 0.6 is 0 Å². The highest BCUT2D eigenvalue weighted by Gasteiger charge is 2.12. The van der Waals surface area contributed by atoms with Crippen LogP contribution in [0.1, 0.15) is 11.3 Å². The van der Waals surface area contributed by atoms with Gasteiger partial charge in [-0.1, -0.05) is 18.2 Å². The zero-order valence-corrected chi connectivity index (χ0v) is 10.2. The number of benzene rings is 1. The quantitative estimate of drug-likeness (QED) is 0.628. The summed E-state index contributed by atoms with van der Waals surface area (Å²) in [6.07, 6.45) is 0. The van der Waals surface area contributed by atoms with Gasteiger partial charge in [-0.05, 0) is 19.4 Å². The highest BCUT2D eigenvalue weighted by molar-refractivity contribution is 6.09. The monoisotopic (exact) mass is 226 g/mol. The number of hydrogen-bond donors (Lipinski definition) is 1. The Kier molecular flexibility index (Phi) is 1.93. The maximum absolute atomic E-state index is 11.6. The maximum Gasteiger partial charge on any atom is 0.248 e. The van der Waals surface area contributed by atoms with Crippen molar-refractivity contribution in [1.29, 1.82) is 0 Å². The zero-order chi connectivity index (χ0) is 12.2. The fourth-order valence-electron chi connectivity index (χ4n) is 2.75. The van der Waals surface area contributed by atoms with Crippen molar-refractivity contribution >= 4 is 21.8 Å². The zero-order valence-electron chi connectivity index (χ0n) is 10.2. The Morgan fingerprint density at radius 1 is 1.12 bits per heavy atom. The van der Waals surface area contributed by atoms with E-state index in [-0.39, 0.29) is 5.56 Å². The highest BCUT2D eigenvalue weighted by atomic mass is 16.1. The molecule has 3 rings (SSSR count). The average Bonchev–Trinajstić information content (AvgIpc) is 2.54. The first-order valence-corrected chi connectivity index (χ1v) is 5.67. The molecule has 17 heavy (non-hydrogen) atoms. The van der Waals surface area contributed by atoms with E-state index in [1.807, 2.05) is 20.0 Å². The molecule has 0 atom stereocenters. The average molecular weight is 226 g/mol. The summed E-state index contributed by atoms with van der Waals surface area (Å²) in [4.78, 5) is 14.4. The molecule has 0 bridgehead atoms. The normalized spacial score (nSPS) is 11.5. The van der Waals surface area contributed by atoms with Gasteiger partial charge in [-0.15, -0.1) is 0 Å². The summed E-state index contributed by atoms with van der Waals surface area (Å²) in [5.74, 6) is 0. The smallest absolute Gasteiger partial charge is 0.248 e. The third-order valence-corrected chi connectivity index (χ3v) is 3.40. The molecule has 86 valence electrons. The number of hydrogen-bond acceptors (Lipinski definition) is 1. The molecule has 3 aromatic rings. The first-order chi connectivity index (χ1) is 8.09. The first-order valence-electron chi connectivity index (χ1n) is 5.67. The lowest BCUT2D eigenvalue weighted by atomic mass is 10.1. The largest absolute Gasteiger partial charge is 0.342 e. The van der Waals surface area contributed by atoms with E-state index in [9.17, 15) is 4.79 Å². The van der Waals surface area contributed by atoms with Crippen LogP contribution in [-0.2, 0) is 7.05 Å². The van der Waals surface area contributed by atoms with Crippen molar-refractivity contribution in [3.63, 3.8) is 0 Å². The van der Waals surface area contributed by atoms with Crippen molar-refractivity contribution in [2.75, 3.05) is 0 Å². The van der Waals surface area contributed by atoms with Crippen LogP contribution in [0.25, 0.3) is 21.8 Å². The summed E-state index contributed by atoms with van der Waals surface area (Å²) in [7, 11) is 2.04. The second-order valence-electron chi connectivity index (χ2n) is 4.55. The second kappa shape index (κ2) is 3.23. The van der Waals surface area contributed by atoms with Crippen molar-refractivity contribution < 1.29 is 0 Å². The lowest BCUT2D eigenvalue weighted by molar-refractivity contribution is 0.988. The van der Waals surface area contributed by atoms with Gasteiger partial charge in [0.1, 0.15) is 0 Å². The number of nitrogens with one attached hydrogen (secondary N) is 1. The van der Waals surface area contributed by atoms with Crippen molar-refractivity contribution in [1.82, 2.24) is 9.55 Å². The Hall–Kier alpha value is -2.03. The van der Waals surface area contributed by atoms with Crippen LogP contribution in [-0.4, -0.2) is 9.55 Å². The molecule has 0 aliphatic carbocycles. The van der Waals surface area contributed by atoms with Gasteiger partial charge < -0.3 is 9.55 Å². The van der Waals surface area contributed by atoms with E-state index in [0.717, 1.165) is 22.0 Å². The molecular formula is C14H14N2O. The van der Waals surface area contributed by atoms with E-state index < -0.39 is 0 Å². The van der Waals surface area contributed by atoms with Gasteiger partial charge in [0.25, 0.3) is 0 Å². The number of H-pyrrole nitrogens is 1. The van der Waals surface area contributed by atoms with Crippen molar-refractivity contribution in [3.05, 3.63) is 45.9 Å². The first kappa shape index (κ1) is 10.1. The van der Waals surface area contributed by atoms with E-state index in [1.54, 1.807) is 6.07 Å². The van der Waals surface area contributed by atoms with Crippen molar-refractivity contribution in [3.8, 4) is 0 Å². The SMILES string of the molecule is Cc1cccc2c3cc(=O)[nH]c(C)c3n(C)c12. The highest BCUT2D eigenvalue weighted by Crippen LogP contribution is 2.29. The number of nitrogens with zero attached hydrogens (tertiary/aromatic N) is 1. The van der Waals surface area contributed by atoms with Gasteiger partial charge in [-0.3, -0.25) is 4.79 Å². The van der Waals surface area contributed by atoms with Crippen LogP contribution in [0.15, 0.2) is 29.1 Å². The molecule has 0 spiro atoms. The molecule has 1 N–H and O–H groups in total. The van der Waals surface area contributed by atoms with Crippen LogP contribution < -0.4 is 5.56 Å². The fraction of sp³-hybridized carbons (Fsp3) is 0.214. The fourth-order valence-corrected chi connectivity index (χ4v) is 2.75. The predicted molar refractivity (Wildman–Crippen MR) is 70.5 cm³/mol. The number of pyridine rings is 1. The molecule has 3 nitrogen and oxygen atoms in total. The molecule has 0 radical (unpaired) electrons. The molecule has 0 amide bonds. The van der Waals surface area contributed by atoms with Gasteiger partial charge in [-0.2, -0.15) is 0 Å². The molecule has 1 aromatic carbocycles. The molecule has 0 fully saturated rings. The molecule has 2 aromatic heterocycles. The lowest BCUT2D eigenvalue weighted by Gasteiger charge is -2.02. The van der Waals surface area contributed by atoms with Gasteiger partial charge in [-0.25, -0.2) is 0 Å². The molecular weight excluding hydrogens is 212 g/mol. The van der Waals surface area contributed by atoms with E-state index in [2.05, 4.69) is 28.6 Å². The van der Waals surface area contributed by atoms with E-state index in [1.165, 1.54) is 11.1 Å². The Morgan fingerprint density at radius 2 is 1.88 bits per heavy atom. The molecule has 0 aliphatic rings. The van der Waals surface area contributed by atoms with Crippen molar-refractivity contribution in [2.45, 2.75) is 13.8 Å². The van der Waals surface area contributed by atoms with Gasteiger partial charge in [0.15, 0.2) is 0 Å². The summed E-state index contributed by atoms with van der Waals surface area (Å²) in [5, 5.41) is 2.18. The minimum absolute atomic E-state index is 0.0380. The minimum Gasteiger partial charge on any atom is -0.342 e. The Morgan fingerprint density at radius 3 is 2.65 bits per heavy atom. The summed E-state index contributed by atoms with van der Waals surface area (Å²) in [6, 6.07) is 7.89. The Bertz CT molecular complexity index is 793. The predicted octanol–water partition coefficient (Wildman–Crippen LogP) is 2.64. The summed E-state index contributed by atoms with van der Waals surface area (Å²) in [5.41, 5.74) is 4.42.